The van der Waals surface area contributed by atoms with Crippen molar-refractivity contribution in [3.8, 4) is 0 Å². The first-order valence-corrected chi connectivity index (χ1v) is 9.83. The average molecular weight is 392 g/mol. The molecule has 0 saturated heterocycles. The number of halogens is 1. The molecule has 6 heteroatoms. The lowest BCUT2D eigenvalue weighted by molar-refractivity contribution is -0.113. The third-order valence-corrected chi connectivity index (χ3v) is 4.85. The van der Waals surface area contributed by atoms with Gasteiger partial charge in [0.05, 0.1) is 22.9 Å². The topological polar surface area (TPSA) is 55.4 Å². The normalized spacial score (nSPS) is 10.5. The molecule has 4 nitrogen and oxygen atoms in total. The molecule has 0 fully saturated rings. The fourth-order valence-electron chi connectivity index (χ4n) is 2.58. The van der Waals surface area contributed by atoms with Gasteiger partial charge in [-0.25, -0.2) is 4.79 Å². The Morgan fingerprint density at radius 3 is 2.42 bits per heavy atom. The van der Waals surface area contributed by atoms with E-state index in [4.69, 9.17) is 16.3 Å². The Hall–Kier alpha value is -1.98. The van der Waals surface area contributed by atoms with E-state index in [9.17, 15) is 9.59 Å². The SMILES string of the molecule is CCOC(=O)c1ccc(NC(=O)CSCc2cc(C)cc(C)c2)cc1Cl. The van der Waals surface area contributed by atoms with Crippen LogP contribution in [-0.2, 0) is 15.3 Å². The summed E-state index contributed by atoms with van der Waals surface area (Å²) in [6, 6.07) is 11.1. The van der Waals surface area contributed by atoms with Crippen LogP contribution in [0.2, 0.25) is 5.02 Å². The van der Waals surface area contributed by atoms with Crippen LogP contribution in [-0.4, -0.2) is 24.2 Å². The molecule has 2 rings (SSSR count). The van der Waals surface area contributed by atoms with Gasteiger partial charge >= 0.3 is 5.97 Å². The molecule has 0 aromatic heterocycles. The van der Waals surface area contributed by atoms with Crippen molar-refractivity contribution in [3.63, 3.8) is 0 Å². The molecule has 26 heavy (non-hydrogen) atoms. The number of nitrogens with one attached hydrogen (secondary N) is 1. The van der Waals surface area contributed by atoms with Crippen molar-refractivity contribution in [3.05, 3.63) is 63.7 Å². The van der Waals surface area contributed by atoms with Crippen molar-refractivity contribution in [2.24, 2.45) is 0 Å². The van der Waals surface area contributed by atoms with Gasteiger partial charge in [0.1, 0.15) is 0 Å². The van der Waals surface area contributed by atoms with Crippen LogP contribution < -0.4 is 5.32 Å². The van der Waals surface area contributed by atoms with E-state index >= 15 is 0 Å². The number of esters is 1. The summed E-state index contributed by atoms with van der Waals surface area (Å²) in [5, 5.41) is 3.05. The summed E-state index contributed by atoms with van der Waals surface area (Å²) in [7, 11) is 0. The number of aryl methyl sites for hydroxylation is 2. The maximum absolute atomic E-state index is 12.1. The van der Waals surface area contributed by atoms with Gasteiger partial charge in [0.25, 0.3) is 0 Å². The van der Waals surface area contributed by atoms with E-state index < -0.39 is 5.97 Å². The van der Waals surface area contributed by atoms with Crippen LogP contribution in [0.15, 0.2) is 36.4 Å². The van der Waals surface area contributed by atoms with E-state index in [2.05, 4.69) is 37.4 Å². The predicted octanol–water partition coefficient (Wildman–Crippen LogP) is 5.01. The van der Waals surface area contributed by atoms with Gasteiger partial charge in [-0.2, -0.15) is 0 Å². The fourth-order valence-corrected chi connectivity index (χ4v) is 3.60. The van der Waals surface area contributed by atoms with Gasteiger partial charge in [0.15, 0.2) is 0 Å². The van der Waals surface area contributed by atoms with Gasteiger partial charge in [-0.3, -0.25) is 4.79 Å². The van der Waals surface area contributed by atoms with Crippen LogP contribution in [0.1, 0.15) is 34.0 Å². The Morgan fingerprint density at radius 1 is 1.12 bits per heavy atom. The number of hydrogen-bond donors (Lipinski definition) is 1. The second-order valence-electron chi connectivity index (χ2n) is 5.95. The summed E-state index contributed by atoms with van der Waals surface area (Å²) in [4.78, 5) is 23.8. The lowest BCUT2D eigenvalue weighted by Crippen LogP contribution is -2.14. The Kier molecular flexibility index (Phi) is 7.54. The molecule has 0 aliphatic carbocycles. The quantitative estimate of drug-likeness (QED) is 0.674. The molecule has 0 heterocycles. The zero-order chi connectivity index (χ0) is 19.1. The highest BCUT2D eigenvalue weighted by molar-refractivity contribution is 7.99. The first-order chi connectivity index (χ1) is 12.4. The smallest absolute Gasteiger partial charge is 0.339 e. The molecule has 0 bridgehead atoms. The fraction of sp³-hybridized carbons (Fsp3) is 0.300. The van der Waals surface area contributed by atoms with E-state index in [-0.39, 0.29) is 23.1 Å². The number of carbonyl (C=O) groups excluding carboxylic acids is 2. The zero-order valence-electron chi connectivity index (χ0n) is 15.1. The van der Waals surface area contributed by atoms with Crippen LogP contribution >= 0.6 is 23.4 Å². The first-order valence-electron chi connectivity index (χ1n) is 8.30. The summed E-state index contributed by atoms with van der Waals surface area (Å²) >= 11 is 7.65. The van der Waals surface area contributed by atoms with Gasteiger partial charge < -0.3 is 10.1 Å². The van der Waals surface area contributed by atoms with Gasteiger partial charge in [0, 0.05) is 11.4 Å². The molecule has 0 radical (unpaired) electrons. The summed E-state index contributed by atoms with van der Waals surface area (Å²) in [5.74, 6) is 0.529. The minimum Gasteiger partial charge on any atom is -0.462 e. The monoisotopic (exact) mass is 391 g/mol. The molecule has 0 atom stereocenters. The van der Waals surface area contributed by atoms with Crippen LogP contribution in [0.3, 0.4) is 0 Å². The molecule has 138 valence electrons. The number of benzene rings is 2. The van der Waals surface area contributed by atoms with Crippen molar-refractivity contribution in [2.75, 3.05) is 17.7 Å². The molecule has 0 aliphatic rings. The molecule has 0 aliphatic heterocycles. The van der Waals surface area contributed by atoms with Crippen LogP contribution in [0, 0.1) is 13.8 Å². The van der Waals surface area contributed by atoms with E-state index in [1.165, 1.54) is 16.7 Å². The zero-order valence-corrected chi connectivity index (χ0v) is 16.7. The molecule has 0 unspecified atom stereocenters. The molecule has 1 amide bonds. The lowest BCUT2D eigenvalue weighted by Gasteiger charge is -2.09. The van der Waals surface area contributed by atoms with Crippen molar-refractivity contribution in [1.29, 1.82) is 0 Å². The number of carbonyl (C=O) groups is 2. The second kappa shape index (κ2) is 9.64. The van der Waals surface area contributed by atoms with Crippen LogP contribution in [0.4, 0.5) is 5.69 Å². The molecule has 1 N–H and O–H groups in total. The Bertz CT molecular complexity index is 787. The molecule has 2 aromatic rings. The van der Waals surface area contributed by atoms with E-state index in [1.807, 2.05) is 0 Å². The number of ether oxygens (including phenoxy) is 1. The van der Waals surface area contributed by atoms with Crippen molar-refractivity contribution in [2.45, 2.75) is 26.5 Å². The van der Waals surface area contributed by atoms with Crippen LogP contribution in [0.25, 0.3) is 0 Å². The molecule has 2 aromatic carbocycles. The number of thioether (sulfide) groups is 1. The number of rotatable bonds is 7. The number of amides is 1. The van der Waals surface area contributed by atoms with Crippen LogP contribution in [0.5, 0.6) is 0 Å². The van der Waals surface area contributed by atoms with Gasteiger partial charge in [-0.15, -0.1) is 11.8 Å². The minimum atomic E-state index is -0.473. The minimum absolute atomic E-state index is 0.112. The van der Waals surface area contributed by atoms with E-state index in [0.29, 0.717) is 11.4 Å². The standard InChI is InChI=1S/C20H22ClNO3S/c1-4-25-20(24)17-6-5-16(10-18(17)21)22-19(23)12-26-11-15-8-13(2)7-14(3)9-15/h5-10H,4,11-12H2,1-3H3,(H,22,23). The Balaban J connectivity index is 1.87. The molecular weight excluding hydrogens is 370 g/mol. The molecule has 0 saturated carbocycles. The maximum Gasteiger partial charge on any atom is 0.339 e. The highest BCUT2D eigenvalue weighted by Gasteiger charge is 2.12. The third kappa shape index (κ3) is 6.07. The predicted molar refractivity (Wildman–Crippen MR) is 108 cm³/mol. The highest BCUT2D eigenvalue weighted by Crippen LogP contribution is 2.22. The van der Waals surface area contributed by atoms with Gasteiger partial charge in [0.2, 0.25) is 5.91 Å². The van der Waals surface area contributed by atoms with E-state index in [0.717, 1.165) is 5.75 Å². The summed E-state index contributed by atoms with van der Waals surface area (Å²) in [6.07, 6.45) is 0. The highest BCUT2D eigenvalue weighted by atomic mass is 35.5. The second-order valence-corrected chi connectivity index (χ2v) is 7.34. The summed E-state index contributed by atoms with van der Waals surface area (Å²) < 4.78 is 4.93. The van der Waals surface area contributed by atoms with E-state index in [1.54, 1.807) is 36.9 Å². The average Bonchev–Trinajstić information content (AvgIpc) is 2.54. The van der Waals surface area contributed by atoms with Crippen molar-refractivity contribution in [1.82, 2.24) is 0 Å². The summed E-state index contributed by atoms with van der Waals surface area (Å²) in [6.45, 7) is 6.15. The lowest BCUT2D eigenvalue weighted by atomic mass is 10.1. The Labute approximate surface area is 163 Å². The Morgan fingerprint density at radius 2 is 1.81 bits per heavy atom. The van der Waals surface area contributed by atoms with Crippen molar-refractivity contribution >= 4 is 40.9 Å². The van der Waals surface area contributed by atoms with Crippen molar-refractivity contribution < 1.29 is 14.3 Å². The number of hydrogen-bond acceptors (Lipinski definition) is 4. The first kappa shape index (κ1) is 20.3. The number of anilines is 1. The van der Waals surface area contributed by atoms with Gasteiger partial charge in [-0.1, -0.05) is 40.9 Å². The summed E-state index contributed by atoms with van der Waals surface area (Å²) in [5.41, 5.74) is 4.50. The maximum atomic E-state index is 12.1. The molecular formula is C20H22ClNO3S. The third-order valence-electron chi connectivity index (χ3n) is 3.53. The van der Waals surface area contributed by atoms with Gasteiger partial charge in [-0.05, 0) is 44.5 Å². The largest absolute Gasteiger partial charge is 0.462 e. The molecule has 0 spiro atoms.